The molecule has 1 amide bonds. The average molecular weight is 528 g/mol. The normalized spacial score (nSPS) is 13.2. The first-order valence-corrected chi connectivity index (χ1v) is 13.0. The zero-order valence-electron chi connectivity index (χ0n) is 21.5. The molecule has 0 radical (unpaired) electrons. The van der Waals surface area contributed by atoms with Crippen molar-refractivity contribution in [3.8, 4) is 18.2 Å². The van der Waals surface area contributed by atoms with E-state index in [1.807, 2.05) is 18.2 Å². The lowest BCUT2D eigenvalue weighted by atomic mass is 10.2. The molecule has 4 aromatic rings. The summed E-state index contributed by atoms with van der Waals surface area (Å²) in [6, 6.07) is 16.5. The fourth-order valence-corrected chi connectivity index (χ4v) is 4.80. The summed E-state index contributed by atoms with van der Waals surface area (Å²) in [6.07, 6.45) is 12.9. The number of rotatable bonds is 11. The predicted molar refractivity (Wildman–Crippen MR) is 148 cm³/mol. The summed E-state index contributed by atoms with van der Waals surface area (Å²) in [5.41, 5.74) is 1.72. The molecule has 0 unspecified atom stereocenters. The van der Waals surface area contributed by atoms with Gasteiger partial charge in [0.1, 0.15) is 23.7 Å². The van der Waals surface area contributed by atoms with Crippen molar-refractivity contribution in [2.24, 2.45) is 0 Å². The van der Waals surface area contributed by atoms with Crippen molar-refractivity contribution in [3.63, 3.8) is 0 Å². The van der Waals surface area contributed by atoms with Crippen LogP contribution >= 0.6 is 0 Å². The van der Waals surface area contributed by atoms with Crippen LogP contribution in [0.5, 0.6) is 5.75 Å². The molecule has 0 saturated heterocycles. The van der Waals surface area contributed by atoms with Gasteiger partial charge >= 0.3 is 0 Å². The summed E-state index contributed by atoms with van der Waals surface area (Å²) in [5.74, 6) is 1.11. The first-order valence-electron chi connectivity index (χ1n) is 13.0. The van der Waals surface area contributed by atoms with Gasteiger partial charge in [0.2, 0.25) is 5.91 Å². The number of halogens is 1. The van der Waals surface area contributed by atoms with Gasteiger partial charge in [-0.1, -0.05) is 25.3 Å². The SMILES string of the molecule is C#CN(CCCOc1ccc2c(Nc3cc(CC(=O)Nc4cccc(F)c4)[nH]n3)ncnc2c1)C1CCCC1. The van der Waals surface area contributed by atoms with Crippen LogP contribution in [-0.2, 0) is 11.2 Å². The number of H-pyrrole nitrogens is 1. The highest BCUT2D eigenvalue weighted by Gasteiger charge is 2.20. The number of aromatic nitrogens is 4. The van der Waals surface area contributed by atoms with Crippen LogP contribution < -0.4 is 15.4 Å². The van der Waals surface area contributed by atoms with Gasteiger partial charge in [0.05, 0.1) is 18.5 Å². The molecule has 2 heterocycles. The summed E-state index contributed by atoms with van der Waals surface area (Å²) in [7, 11) is 0. The third-order valence-electron chi connectivity index (χ3n) is 6.69. The van der Waals surface area contributed by atoms with E-state index in [4.69, 9.17) is 11.2 Å². The molecule has 200 valence electrons. The number of benzene rings is 2. The first kappa shape index (κ1) is 26.0. The number of fused-ring (bicyclic) bond motifs is 1. The molecule has 1 fully saturated rings. The summed E-state index contributed by atoms with van der Waals surface area (Å²) in [4.78, 5) is 23.2. The van der Waals surface area contributed by atoms with Gasteiger partial charge in [-0.25, -0.2) is 14.4 Å². The maximum absolute atomic E-state index is 13.3. The largest absolute Gasteiger partial charge is 0.493 e. The lowest BCUT2D eigenvalue weighted by Crippen LogP contribution is -2.30. The number of terminal acetylenes is 1. The number of carbonyl (C=O) groups excluding carboxylic acids is 1. The van der Waals surface area contributed by atoms with Crippen LogP contribution in [0.4, 0.5) is 21.7 Å². The highest BCUT2D eigenvalue weighted by atomic mass is 19.1. The maximum Gasteiger partial charge on any atom is 0.230 e. The predicted octanol–water partition coefficient (Wildman–Crippen LogP) is 5.02. The molecular weight excluding hydrogens is 497 g/mol. The number of ether oxygens (including phenoxy) is 1. The summed E-state index contributed by atoms with van der Waals surface area (Å²) in [5, 5.41) is 13.7. The Bertz CT molecular complexity index is 1480. The third-order valence-corrected chi connectivity index (χ3v) is 6.69. The van der Waals surface area contributed by atoms with Gasteiger partial charge in [0.15, 0.2) is 5.82 Å². The van der Waals surface area contributed by atoms with E-state index < -0.39 is 5.82 Å². The second-order valence-corrected chi connectivity index (χ2v) is 9.50. The van der Waals surface area contributed by atoms with E-state index in [9.17, 15) is 9.18 Å². The molecule has 1 aliphatic rings. The van der Waals surface area contributed by atoms with Gasteiger partial charge in [-0.15, -0.1) is 0 Å². The van der Waals surface area contributed by atoms with E-state index in [-0.39, 0.29) is 12.3 Å². The molecule has 1 saturated carbocycles. The topological polar surface area (TPSA) is 108 Å². The van der Waals surface area contributed by atoms with Gasteiger partial charge in [-0.05, 0) is 49.6 Å². The van der Waals surface area contributed by atoms with Crippen molar-refractivity contribution in [3.05, 3.63) is 66.4 Å². The molecule has 0 spiro atoms. The summed E-state index contributed by atoms with van der Waals surface area (Å²) in [6.45, 7) is 1.39. The minimum atomic E-state index is -0.414. The fraction of sp³-hybridized carbons (Fsp3) is 0.310. The number of nitrogens with zero attached hydrogens (tertiary/aromatic N) is 4. The highest BCUT2D eigenvalue weighted by Crippen LogP contribution is 2.26. The number of aromatic amines is 1. The van der Waals surface area contributed by atoms with Crippen LogP contribution in [0, 0.1) is 18.3 Å². The highest BCUT2D eigenvalue weighted by molar-refractivity contribution is 5.93. The lowest BCUT2D eigenvalue weighted by molar-refractivity contribution is -0.115. The van der Waals surface area contributed by atoms with Crippen molar-refractivity contribution in [2.75, 3.05) is 23.8 Å². The van der Waals surface area contributed by atoms with Crippen molar-refractivity contribution >= 4 is 34.1 Å². The molecule has 3 N–H and O–H groups in total. The maximum atomic E-state index is 13.3. The molecule has 39 heavy (non-hydrogen) atoms. The molecule has 9 nitrogen and oxygen atoms in total. The monoisotopic (exact) mass is 527 g/mol. The lowest BCUT2D eigenvalue weighted by Gasteiger charge is -2.24. The van der Waals surface area contributed by atoms with E-state index in [1.165, 1.54) is 50.2 Å². The number of carbonyl (C=O) groups is 1. The quantitative estimate of drug-likeness (QED) is 0.143. The smallest absolute Gasteiger partial charge is 0.230 e. The second kappa shape index (κ2) is 12.3. The summed E-state index contributed by atoms with van der Waals surface area (Å²) >= 11 is 0. The Morgan fingerprint density at radius 3 is 2.87 bits per heavy atom. The molecule has 0 atom stereocenters. The average Bonchev–Trinajstić information content (AvgIpc) is 3.61. The molecule has 5 rings (SSSR count). The molecule has 0 bridgehead atoms. The van der Waals surface area contributed by atoms with Crippen LogP contribution in [0.25, 0.3) is 10.9 Å². The van der Waals surface area contributed by atoms with Crippen LogP contribution in [0.2, 0.25) is 0 Å². The Balaban J connectivity index is 1.15. The van der Waals surface area contributed by atoms with Crippen molar-refractivity contribution in [1.82, 2.24) is 25.1 Å². The van der Waals surface area contributed by atoms with E-state index in [2.05, 4.69) is 41.7 Å². The molecular formula is C29H30FN7O2. The standard InChI is InChI=1S/C29H30FN7O2/c1-2-37(23-9-3-4-10-23)13-6-14-39-24-11-12-25-26(18-24)31-19-32-29(25)34-27-16-22(35-36-27)17-28(38)33-21-8-5-7-20(30)15-21/h1,5,7-8,11-12,15-16,18-19,23H,3-4,6,9-10,13-14,17H2,(H,33,38)(H2,31,32,34,35,36). The van der Waals surface area contributed by atoms with Gasteiger partial charge in [0.25, 0.3) is 0 Å². The van der Waals surface area contributed by atoms with Crippen molar-refractivity contribution in [1.29, 1.82) is 0 Å². The van der Waals surface area contributed by atoms with Gasteiger partial charge < -0.3 is 20.3 Å². The fourth-order valence-electron chi connectivity index (χ4n) is 4.80. The van der Waals surface area contributed by atoms with Crippen LogP contribution in [0.3, 0.4) is 0 Å². The van der Waals surface area contributed by atoms with E-state index in [0.29, 0.717) is 35.7 Å². The van der Waals surface area contributed by atoms with Crippen molar-refractivity contribution < 1.29 is 13.9 Å². The molecule has 2 aromatic carbocycles. The molecule has 0 aliphatic heterocycles. The van der Waals surface area contributed by atoms with Crippen LogP contribution in [0.15, 0.2) is 54.9 Å². The minimum Gasteiger partial charge on any atom is -0.493 e. The van der Waals surface area contributed by atoms with E-state index in [0.717, 1.165) is 29.6 Å². The van der Waals surface area contributed by atoms with Gasteiger partial charge in [-0.3, -0.25) is 9.89 Å². The van der Waals surface area contributed by atoms with Gasteiger partial charge in [0, 0.05) is 47.5 Å². The Morgan fingerprint density at radius 1 is 1.18 bits per heavy atom. The number of nitrogens with one attached hydrogen (secondary N) is 3. The summed E-state index contributed by atoms with van der Waals surface area (Å²) < 4.78 is 19.3. The minimum absolute atomic E-state index is 0.0518. The van der Waals surface area contributed by atoms with Crippen LogP contribution in [-0.4, -0.2) is 50.2 Å². The van der Waals surface area contributed by atoms with E-state index >= 15 is 0 Å². The number of hydrogen-bond donors (Lipinski definition) is 3. The zero-order chi connectivity index (χ0) is 27.0. The van der Waals surface area contributed by atoms with Crippen LogP contribution in [0.1, 0.15) is 37.8 Å². The second-order valence-electron chi connectivity index (χ2n) is 9.50. The number of hydrogen-bond acceptors (Lipinski definition) is 7. The number of anilines is 3. The molecule has 10 heteroatoms. The van der Waals surface area contributed by atoms with E-state index in [1.54, 1.807) is 12.1 Å². The Kier molecular flexibility index (Phi) is 8.17. The molecule has 1 aliphatic carbocycles. The first-order chi connectivity index (χ1) is 19.1. The van der Waals surface area contributed by atoms with Crippen molar-refractivity contribution in [2.45, 2.75) is 44.6 Å². The number of amides is 1. The van der Waals surface area contributed by atoms with Gasteiger partial charge in [-0.2, -0.15) is 5.10 Å². The Labute approximate surface area is 226 Å². The zero-order valence-corrected chi connectivity index (χ0v) is 21.5. The Hall–Kier alpha value is -4.65. The Morgan fingerprint density at radius 2 is 2.05 bits per heavy atom. The molecule has 2 aromatic heterocycles. The third kappa shape index (κ3) is 6.82.